The number of nitrogens with one attached hydrogen (secondary N) is 1. The van der Waals surface area contributed by atoms with E-state index >= 15 is 0 Å². The summed E-state index contributed by atoms with van der Waals surface area (Å²) in [5, 5.41) is 11.1. The molecule has 0 radical (unpaired) electrons. The molecule has 2 atom stereocenters. The Hall–Kier alpha value is -3.50. The lowest BCUT2D eigenvalue weighted by Gasteiger charge is -2.22. The van der Waals surface area contributed by atoms with Crippen molar-refractivity contribution in [2.24, 2.45) is 0 Å². The Morgan fingerprint density at radius 3 is 2.57 bits per heavy atom. The molecule has 1 aromatic carbocycles. The molecule has 156 valence electrons. The number of amides is 1. The third-order valence-electron chi connectivity index (χ3n) is 4.74. The highest BCUT2D eigenvalue weighted by Crippen LogP contribution is 2.28. The number of carbonyl (C=O) groups is 1. The van der Waals surface area contributed by atoms with E-state index in [0.29, 0.717) is 30.3 Å². The molecular weight excluding hydrogens is 401 g/mol. The summed E-state index contributed by atoms with van der Waals surface area (Å²) in [5.41, 5.74) is -0.160. The number of carbonyl (C=O) groups excluding carboxylic acids is 1. The minimum absolute atomic E-state index is 0.0182. The lowest BCUT2D eigenvalue weighted by Crippen LogP contribution is -2.42. The predicted molar refractivity (Wildman–Crippen MR) is 97.9 cm³/mol. The van der Waals surface area contributed by atoms with E-state index < -0.39 is 18.0 Å². The number of para-hydroxylation sites is 1. The van der Waals surface area contributed by atoms with Crippen LogP contribution in [0.3, 0.4) is 0 Å². The van der Waals surface area contributed by atoms with Crippen LogP contribution in [0.1, 0.15) is 35.3 Å². The van der Waals surface area contributed by atoms with E-state index in [1.807, 2.05) is 0 Å². The van der Waals surface area contributed by atoms with Gasteiger partial charge in [-0.1, -0.05) is 12.1 Å². The fraction of sp³-hybridized carbons (Fsp3) is 0.316. The Morgan fingerprint density at radius 2 is 1.87 bits per heavy atom. The summed E-state index contributed by atoms with van der Waals surface area (Å²) in [7, 11) is 0. The highest BCUT2D eigenvalue weighted by molar-refractivity contribution is 5.97. The van der Waals surface area contributed by atoms with Gasteiger partial charge in [-0.25, -0.2) is 9.97 Å². The van der Waals surface area contributed by atoms with Crippen molar-refractivity contribution in [2.45, 2.75) is 37.6 Å². The second-order valence-corrected chi connectivity index (χ2v) is 6.74. The molecule has 1 N–H and O–H groups in total. The number of benzene rings is 1. The Balaban J connectivity index is 1.45. The van der Waals surface area contributed by atoms with Crippen molar-refractivity contribution < 1.29 is 22.7 Å². The van der Waals surface area contributed by atoms with Crippen LogP contribution in [-0.2, 0) is 6.18 Å². The average molecular weight is 418 g/mol. The monoisotopic (exact) mass is 418 g/mol. The minimum Gasteiger partial charge on any atom is -0.471 e. The molecule has 2 heterocycles. The molecule has 1 aliphatic carbocycles. The van der Waals surface area contributed by atoms with Gasteiger partial charge in [0.15, 0.2) is 5.69 Å². The number of alkyl halides is 3. The molecule has 4 rings (SSSR count). The zero-order valence-corrected chi connectivity index (χ0v) is 15.6. The molecule has 0 saturated heterocycles. The van der Waals surface area contributed by atoms with Gasteiger partial charge in [-0.2, -0.15) is 28.2 Å². The normalized spacial score (nSPS) is 18.9. The largest absolute Gasteiger partial charge is 0.471 e. The summed E-state index contributed by atoms with van der Waals surface area (Å²) in [6.45, 7) is 0. The van der Waals surface area contributed by atoms with Crippen LogP contribution in [0.15, 0.2) is 49.1 Å². The third kappa shape index (κ3) is 4.24. The van der Waals surface area contributed by atoms with Crippen molar-refractivity contribution in [1.82, 2.24) is 30.3 Å². The lowest BCUT2D eigenvalue weighted by atomic mass is 10.1. The topological polar surface area (TPSA) is 94.8 Å². The molecule has 1 aliphatic rings. The van der Waals surface area contributed by atoms with Gasteiger partial charge >= 0.3 is 6.18 Å². The molecule has 11 heteroatoms. The Morgan fingerprint density at radius 1 is 1.10 bits per heavy atom. The molecule has 3 aromatic rings. The van der Waals surface area contributed by atoms with E-state index in [9.17, 15) is 18.0 Å². The van der Waals surface area contributed by atoms with Crippen molar-refractivity contribution >= 4 is 5.91 Å². The highest BCUT2D eigenvalue weighted by atomic mass is 19.4. The summed E-state index contributed by atoms with van der Waals surface area (Å²) in [6, 6.07) is 6.60. The summed E-state index contributed by atoms with van der Waals surface area (Å²) in [5.74, 6) is -0.336. The minimum atomic E-state index is -4.56. The van der Waals surface area contributed by atoms with Gasteiger partial charge in [0.1, 0.15) is 6.10 Å². The van der Waals surface area contributed by atoms with Crippen molar-refractivity contribution in [3.63, 3.8) is 0 Å². The van der Waals surface area contributed by atoms with Gasteiger partial charge in [0, 0.05) is 0 Å². The molecule has 0 aliphatic heterocycles. The standard InChI is InChI=1S/C19H17F3N6O2/c20-19(21,22)16-10-24-17(11-23-16)30-15-7-3-5-13(15)27-18(29)12-4-1-2-6-14(12)28-25-8-9-26-28/h1-2,4,6,8-11,13,15H,3,5,7H2,(H,27,29)/t13-,15-/m0/s1. The van der Waals surface area contributed by atoms with Gasteiger partial charge < -0.3 is 10.1 Å². The van der Waals surface area contributed by atoms with Crippen LogP contribution >= 0.6 is 0 Å². The SMILES string of the molecule is O=C(N[C@H]1CCC[C@@H]1Oc1cnc(C(F)(F)F)cn1)c1ccccc1-n1nccn1. The Bertz CT molecular complexity index is 1010. The van der Waals surface area contributed by atoms with Crippen molar-refractivity contribution in [1.29, 1.82) is 0 Å². The van der Waals surface area contributed by atoms with Crippen LogP contribution in [0.5, 0.6) is 5.88 Å². The van der Waals surface area contributed by atoms with E-state index in [1.54, 1.807) is 24.3 Å². The van der Waals surface area contributed by atoms with Gasteiger partial charge in [-0.15, -0.1) is 0 Å². The summed E-state index contributed by atoms with van der Waals surface area (Å²) in [4.78, 5) is 21.3. The first-order valence-corrected chi connectivity index (χ1v) is 9.24. The smallest absolute Gasteiger partial charge is 0.434 e. The zero-order chi connectivity index (χ0) is 21.1. The quantitative estimate of drug-likeness (QED) is 0.685. The van der Waals surface area contributed by atoms with Crippen LogP contribution < -0.4 is 10.1 Å². The maximum absolute atomic E-state index is 12.9. The molecule has 8 nitrogen and oxygen atoms in total. The first-order chi connectivity index (χ1) is 14.4. The van der Waals surface area contributed by atoms with E-state index in [2.05, 4.69) is 25.5 Å². The second kappa shape index (κ2) is 8.09. The van der Waals surface area contributed by atoms with Gasteiger partial charge in [0.25, 0.3) is 5.91 Å². The van der Waals surface area contributed by atoms with Crippen LogP contribution in [0.2, 0.25) is 0 Å². The number of aromatic nitrogens is 5. The van der Waals surface area contributed by atoms with Crippen LogP contribution in [0.25, 0.3) is 5.69 Å². The van der Waals surface area contributed by atoms with E-state index in [4.69, 9.17) is 4.74 Å². The summed E-state index contributed by atoms with van der Waals surface area (Å²) in [6.07, 6.45) is 1.72. The van der Waals surface area contributed by atoms with Crippen LogP contribution in [-0.4, -0.2) is 43.0 Å². The third-order valence-corrected chi connectivity index (χ3v) is 4.74. The van der Waals surface area contributed by atoms with E-state index in [1.165, 1.54) is 17.2 Å². The molecule has 0 spiro atoms. The van der Waals surface area contributed by atoms with Crippen LogP contribution in [0.4, 0.5) is 13.2 Å². The van der Waals surface area contributed by atoms with Gasteiger partial charge in [-0.05, 0) is 31.4 Å². The van der Waals surface area contributed by atoms with Crippen molar-refractivity contribution in [3.05, 3.63) is 60.3 Å². The lowest BCUT2D eigenvalue weighted by molar-refractivity contribution is -0.141. The van der Waals surface area contributed by atoms with E-state index in [0.717, 1.165) is 12.6 Å². The first-order valence-electron chi connectivity index (χ1n) is 9.24. The fourth-order valence-electron chi connectivity index (χ4n) is 3.34. The second-order valence-electron chi connectivity index (χ2n) is 6.74. The molecule has 1 saturated carbocycles. The maximum Gasteiger partial charge on any atom is 0.434 e. The fourth-order valence-corrected chi connectivity index (χ4v) is 3.34. The van der Waals surface area contributed by atoms with Gasteiger partial charge in [0.2, 0.25) is 5.88 Å². The summed E-state index contributed by atoms with van der Waals surface area (Å²) < 4.78 is 43.6. The van der Waals surface area contributed by atoms with E-state index in [-0.39, 0.29) is 17.8 Å². The van der Waals surface area contributed by atoms with Crippen molar-refractivity contribution in [2.75, 3.05) is 0 Å². The molecule has 2 aromatic heterocycles. The molecule has 0 bridgehead atoms. The molecule has 30 heavy (non-hydrogen) atoms. The number of ether oxygens (including phenoxy) is 1. The average Bonchev–Trinajstić information content (AvgIpc) is 3.40. The zero-order valence-electron chi connectivity index (χ0n) is 15.6. The van der Waals surface area contributed by atoms with Gasteiger partial charge in [0.05, 0.1) is 42.1 Å². The van der Waals surface area contributed by atoms with Gasteiger partial charge in [-0.3, -0.25) is 4.79 Å². The molecule has 1 fully saturated rings. The highest BCUT2D eigenvalue weighted by Gasteiger charge is 2.34. The van der Waals surface area contributed by atoms with Crippen molar-refractivity contribution in [3.8, 4) is 11.6 Å². The number of rotatable bonds is 5. The molecule has 1 amide bonds. The predicted octanol–water partition coefficient (Wildman–Crippen LogP) is 2.81. The number of nitrogens with zero attached hydrogens (tertiary/aromatic N) is 5. The Kier molecular flexibility index (Phi) is 5.34. The molecular formula is C19H17F3N6O2. The first kappa shape index (κ1) is 19.8. The number of hydrogen-bond acceptors (Lipinski definition) is 6. The summed E-state index contributed by atoms with van der Waals surface area (Å²) >= 11 is 0. The number of halogens is 3. The maximum atomic E-state index is 12.9. The molecule has 0 unspecified atom stereocenters. The Labute approximate surface area is 169 Å². The van der Waals surface area contributed by atoms with Crippen LogP contribution in [0, 0.1) is 0 Å². The number of hydrogen-bond donors (Lipinski definition) is 1.